The van der Waals surface area contributed by atoms with E-state index >= 15 is 0 Å². The maximum Gasteiger partial charge on any atom is 0.254 e. The first kappa shape index (κ1) is 17.2. The highest BCUT2D eigenvalue weighted by Gasteiger charge is 2.42. The van der Waals surface area contributed by atoms with Gasteiger partial charge in [-0.15, -0.1) is 0 Å². The number of hydrogen-bond donors (Lipinski definition) is 0. The van der Waals surface area contributed by atoms with Crippen LogP contribution in [-0.2, 0) is 9.59 Å². The van der Waals surface area contributed by atoms with Crippen LogP contribution in [0.3, 0.4) is 0 Å². The molecule has 2 aliphatic rings. The molecule has 0 spiro atoms. The van der Waals surface area contributed by atoms with E-state index in [0.29, 0.717) is 30.2 Å². The van der Waals surface area contributed by atoms with Crippen molar-refractivity contribution in [3.05, 3.63) is 59.9 Å². The third-order valence-corrected chi connectivity index (χ3v) is 4.74. The molecule has 0 unspecified atom stereocenters. The molecule has 2 aromatic rings. The quantitative estimate of drug-likeness (QED) is 0.778. The molecule has 7 heteroatoms. The Balaban J connectivity index is 1.40. The molecular weight excluding hydrogens is 351 g/mol. The number of hydrogen-bond acceptors (Lipinski definition) is 4. The van der Waals surface area contributed by atoms with E-state index in [-0.39, 0.29) is 42.4 Å². The molecule has 138 valence electrons. The summed E-state index contributed by atoms with van der Waals surface area (Å²) in [6, 6.07) is 12.1. The third-order valence-electron chi connectivity index (χ3n) is 4.74. The molecule has 0 aromatic heterocycles. The Labute approximate surface area is 155 Å². The minimum atomic E-state index is -0.353. The first-order chi connectivity index (χ1) is 13.0. The zero-order valence-corrected chi connectivity index (χ0v) is 14.4. The maximum atomic E-state index is 13.0. The van der Waals surface area contributed by atoms with E-state index in [9.17, 15) is 18.8 Å². The van der Waals surface area contributed by atoms with Crippen LogP contribution in [0, 0.1) is 5.82 Å². The van der Waals surface area contributed by atoms with Gasteiger partial charge in [-0.1, -0.05) is 6.07 Å². The molecule has 6 nitrogen and oxygen atoms in total. The van der Waals surface area contributed by atoms with Gasteiger partial charge in [0, 0.05) is 31.5 Å². The van der Waals surface area contributed by atoms with Gasteiger partial charge in [0.2, 0.25) is 11.8 Å². The average Bonchev–Trinajstić information content (AvgIpc) is 2.95. The lowest BCUT2D eigenvalue weighted by atomic mass is 10.0. The molecule has 2 aromatic carbocycles. The minimum absolute atomic E-state index is 0.160. The lowest BCUT2D eigenvalue weighted by Crippen LogP contribution is -2.62. The van der Waals surface area contributed by atoms with Crippen molar-refractivity contribution in [2.45, 2.75) is 18.9 Å². The van der Waals surface area contributed by atoms with E-state index in [2.05, 4.69) is 0 Å². The van der Waals surface area contributed by atoms with Crippen LogP contribution in [-0.4, -0.2) is 46.7 Å². The summed E-state index contributed by atoms with van der Waals surface area (Å²) in [7, 11) is 0. The normalized spacial score (nSPS) is 17.2. The zero-order chi connectivity index (χ0) is 19.0. The van der Waals surface area contributed by atoms with Crippen LogP contribution < -0.4 is 4.74 Å². The van der Waals surface area contributed by atoms with Crippen molar-refractivity contribution < 1.29 is 23.5 Å². The van der Waals surface area contributed by atoms with Gasteiger partial charge in [0.1, 0.15) is 17.3 Å². The molecule has 4 rings (SSSR count). The number of likely N-dealkylation sites (tertiary alicyclic amines) is 2. The number of ether oxygens (including phenoxy) is 1. The fourth-order valence-corrected chi connectivity index (χ4v) is 3.30. The number of imide groups is 1. The molecule has 0 saturated carbocycles. The third kappa shape index (κ3) is 3.40. The Morgan fingerprint density at radius 1 is 0.963 bits per heavy atom. The molecule has 27 heavy (non-hydrogen) atoms. The number of benzene rings is 2. The Morgan fingerprint density at radius 2 is 1.63 bits per heavy atom. The molecule has 0 aliphatic carbocycles. The second-order valence-electron chi connectivity index (χ2n) is 6.61. The number of halogens is 1. The highest BCUT2D eigenvalue weighted by molar-refractivity contribution is 6.03. The molecule has 2 heterocycles. The Bertz CT molecular complexity index is 890. The summed E-state index contributed by atoms with van der Waals surface area (Å²) in [4.78, 5) is 39.1. The smallest absolute Gasteiger partial charge is 0.254 e. The molecule has 0 radical (unpaired) electrons. The minimum Gasteiger partial charge on any atom is -0.457 e. The van der Waals surface area contributed by atoms with E-state index in [1.165, 1.54) is 29.2 Å². The van der Waals surface area contributed by atoms with Gasteiger partial charge < -0.3 is 9.64 Å². The van der Waals surface area contributed by atoms with Crippen LogP contribution >= 0.6 is 0 Å². The van der Waals surface area contributed by atoms with Gasteiger partial charge in [0.25, 0.3) is 5.91 Å². The number of rotatable bonds is 4. The molecular formula is C20H17FN2O4. The van der Waals surface area contributed by atoms with Gasteiger partial charge >= 0.3 is 0 Å². The molecule has 0 bridgehead atoms. The lowest BCUT2D eigenvalue weighted by Gasteiger charge is -2.43. The molecule has 0 N–H and O–H groups in total. The first-order valence-electron chi connectivity index (χ1n) is 8.69. The van der Waals surface area contributed by atoms with Crippen molar-refractivity contribution in [1.29, 1.82) is 0 Å². The molecule has 2 aliphatic heterocycles. The molecule has 0 atom stereocenters. The van der Waals surface area contributed by atoms with E-state index in [4.69, 9.17) is 4.74 Å². The summed E-state index contributed by atoms with van der Waals surface area (Å²) in [5.74, 6) is 0.0765. The fraction of sp³-hybridized carbons (Fsp3) is 0.250. The van der Waals surface area contributed by atoms with Gasteiger partial charge in [0.05, 0.1) is 6.04 Å². The maximum absolute atomic E-state index is 13.0. The topological polar surface area (TPSA) is 66.9 Å². The highest BCUT2D eigenvalue weighted by Crippen LogP contribution is 2.26. The Kier molecular flexibility index (Phi) is 4.35. The van der Waals surface area contributed by atoms with Crippen molar-refractivity contribution in [3.8, 4) is 11.5 Å². The second-order valence-corrected chi connectivity index (χ2v) is 6.61. The van der Waals surface area contributed by atoms with E-state index in [1.54, 1.807) is 29.2 Å². The van der Waals surface area contributed by atoms with Crippen LogP contribution in [0.25, 0.3) is 0 Å². The van der Waals surface area contributed by atoms with E-state index in [1.807, 2.05) is 0 Å². The van der Waals surface area contributed by atoms with Crippen molar-refractivity contribution in [2.24, 2.45) is 0 Å². The summed E-state index contributed by atoms with van der Waals surface area (Å²) in [6.07, 6.45) is 0.512. The standard InChI is InChI=1S/C20H17FN2O4/c21-14-4-6-16(7-5-14)27-17-3-1-2-13(10-17)20(26)22-11-15(12-22)23-18(24)8-9-19(23)25/h1-7,10,15H,8-9,11-12H2. The number of amides is 3. The van der Waals surface area contributed by atoms with E-state index < -0.39 is 0 Å². The van der Waals surface area contributed by atoms with E-state index in [0.717, 1.165) is 0 Å². The molecule has 3 amide bonds. The number of carbonyl (C=O) groups is 3. The van der Waals surface area contributed by atoms with Crippen molar-refractivity contribution in [3.63, 3.8) is 0 Å². The van der Waals surface area contributed by atoms with Crippen LogP contribution in [0.4, 0.5) is 4.39 Å². The van der Waals surface area contributed by atoms with Gasteiger partial charge in [-0.05, 0) is 42.5 Å². The lowest BCUT2D eigenvalue weighted by molar-refractivity contribution is -0.144. The van der Waals surface area contributed by atoms with Crippen LogP contribution in [0.15, 0.2) is 48.5 Å². The summed E-state index contributed by atoms with van der Waals surface area (Å²) in [5.41, 5.74) is 0.451. The second kappa shape index (κ2) is 6.83. The predicted molar refractivity (Wildman–Crippen MR) is 93.7 cm³/mol. The van der Waals surface area contributed by atoms with Gasteiger partial charge in [0.15, 0.2) is 0 Å². The summed E-state index contributed by atoms with van der Waals surface area (Å²) >= 11 is 0. The van der Waals surface area contributed by atoms with Crippen LogP contribution in [0.5, 0.6) is 11.5 Å². The Morgan fingerprint density at radius 3 is 2.30 bits per heavy atom. The summed E-state index contributed by atoms with van der Waals surface area (Å²) in [6.45, 7) is 0.693. The number of nitrogens with zero attached hydrogens (tertiary/aromatic N) is 2. The highest BCUT2D eigenvalue weighted by atomic mass is 19.1. The Hall–Kier alpha value is -3.22. The first-order valence-corrected chi connectivity index (χ1v) is 8.69. The molecule has 2 saturated heterocycles. The SMILES string of the molecule is O=C(c1cccc(Oc2ccc(F)cc2)c1)N1CC(N2C(=O)CCC2=O)C1. The van der Waals surface area contributed by atoms with Crippen molar-refractivity contribution in [2.75, 3.05) is 13.1 Å². The summed E-state index contributed by atoms with van der Waals surface area (Å²) in [5, 5.41) is 0. The van der Waals surface area contributed by atoms with Crippen LogP contribution in [0.2, 0.25) is 0 Å². The largest absolute Gasteiger partial charge is 0.457 e. The van der Waals surface area contributed by atoms with Crippen molar-refractivity contribution in [1.82, 2.24) is 9.80 Å². The monoisotopic (exact) mass is 368 g/mol. The van der Waals surface area contributed by atoms with Gasteiger partial charge in [-0.25, -0.2) is 4.39 Å². The van der Waals surface area contributed by atoms with Crippen molar-refractivity contribution >= 4 is 17.7 Å². The predicted octanol–water partition coefficient (Wildman–Crippen LogP) is 2.59. The molecule has 2 fully saturated rings. The number of carbonyl (C=O) groups excluding carboxylic acids is 3. The van der Waals surface area contributed by atoms with Crippen LogP contribution in [0.1, 0.15) is 23.2 Å². The zero-order valence-electron chi connectivity index (χ0n) is 14.4. The van der Waals surface area contributed by atoms with Gasteiger partial charge in [-0.2, -0.15) is 0 Å². The van der Waals surface area contributed by atoms with Gasteiger partial charge in [-0.3, -0.25) is 19.3 Å². The average molecular weight is 368 g/mol. The summed E-state index contributed by atoms with van der Waals surface area (Å²) < 4.78 is 18.6. The fourth-order valence-electron chi connectivity index (χ4n) is 3.30.